The average molecular weight is 777 g/mol. The van der Waals surface area contributed by atoms with Crippen LogP contribution in [0.3, 0.4) is 0 Å². The highest BCUT2D eigenvalue weighted by Gasteiger charge is 2.33. The summed E-state index contributed by atoms with van der Waals surface area (Å²) in [6.45, 7) is 20.2. The van der Waals surface area contributed by atoms with Crippen LogP contribution in [0.25, 0.3) is 0 Å². The molecule has 0 bridgehead atoms. The number of hydrogen-bond donors (Lipinski definition) is 3. The van der Waals surface area contributed by atoms with Gasteiger partial charge in [0.1, 0.15) is 16.7 Å². The number of phenolic OH excluding ortho intramolecular Hbond substituents is 1. The van der Waals surface area contributed by atoms with E-state index in [4.69, 9.17) is 16.3 Å². The van der Waals surface area contributed by atoms with Crippen LogP contribution in [0.4, 0.5) is 20.2 Å². The maximum atomic E-state index is 13.7. The van der Waals surface area contributed by atoms with Crippen LogP contribution in [0.1, 0.15) is 105 Å². The van der Waals surface area contributed by atoms with E-state index in [1.165, 1.54) is 12.1 Å². The predicted octanol–water partition coefficient (Wildman–Crippen LogP) is 10.7. The summed E-state index contributed by atoms with van der Waals surface area (Å²) in [6.07, 6.45) is 4.27. The minimum Gasteiger partial charge on any atom is -0.506 e. The number of hydrogen-bond acceptors (Lipinski definition) is 6. The van der Waals surface area contributed by atoms with E-state index in [2.05, 4.69) is 66.0 Å². The third-order valence-corrected chi connectivity index (χ3v) is 11.7. The molecule has 4 unspecified atom stereocenters. The number of anilines is 2. The quantitative estimate of drug-likeness (QED) is 0.125. The molecule has 12 heteroatoms. The van der Waals surface area contributed by atoms with Gasteiger partial charge in [-0.1, -0.05) is 80.3 Å². The average Bonchev–Trinajstić information content (AvgIpc) is 3.03. The number of ether oxygens (including phenoxy) is 1. The highest BCUT2D eigenvalue weighted by Crippen LogP contribution is 2.36. The van der Waals surface area contributed by atoms with Crippen LogP contribution in [-0.4, -0.2) is 37.2 Å². The van der Waals surface area contributed by atoms with Crippen molar-refractivity contribution in [1.29, 1.82) is 0 Å². The molecule has 292 valence electrons. The molecule has 0 aliphatic carbocycles. The lowest BCUT2D eigenvalue weighted by Crippen LogP contribution is -2.34. The molecule has 2 amide bonds. The van der Waals surface area contributed by atoms with Crippen LogP contribution in [0.15, 0.2) is 59.5 Å². The van der Waals surface area contributed by atoms with Gasteiger partial charge in [0.15, 0.2) is 21.5 Å². The van der Waals surface area contributed by atoms with Gasteiger partial charge in [-0.25, -0.2) is 17.2 Å². The number of rotatable bonds is 16. The Bertz CT molecular complexity index is 1840. The molecule has 0 aliphatic rings. The molecule has 0 fully saturated rings. The molecule has 0 aliphatic heterocycles. The summed E-state index contributed by atoms with van der Waals surface area (Å²) in [7, 11) is -4.16. The zero-order chi connectivity index (χ0) is 39.9. The molecule has 3 rings (SSSR count). The Labute approximate surface area is 319 Å². The summed E-state index contributed by atoms with van der Waals surface area (Å²) >= 11 is 6.33. The lowest BCUT2D eigenvalue weighted by molar-refractivity contribution is -0.115. The molecule has 0 spiro atoms. The maximum Gasteiger partial charge on any atom is 0.255 e. The fraction of sp³-hybridized carbons (Fsp3) is 0.512. The summed E-state index contributed by atoms with van der Waals surface area (Å²) in [5.41, 5.74) is -0.0361. The predicted molar refractivity (Wildman–Crippen MR) is 208 cm³/mol. The van der Waals surface area contributed by atoms with E-state index >= 15 is 0 Å². The molecule has 3 aromatic carbocycles. The van der Waals surface area contributed by atoms with Crippen LogP contribution in [0, 0.1) is 40.2 Å². The molecule has 3 N–H and O–H groups in total. The Kier molecular flexibility index (Phi) is 14.9. The second kappa shape index (κ2) is 18.1. The normalized spacial score (nSPS) is 14.6. The minimum absolute atomic E-state index is 0.0512. The molecule has 8 nitrogen and oxygen atoms in total. The number of sulfone groups is 1. The summed E-state index contributed by atoms with van der Waals surface area (Å²) in [6, 6.07) is 10.8. The van der Waals surface area contributed by atoms with Crippen molar-refractivity contribution >= 4 is 44.6 Å². The van der Waals surface area contributed by atoms with E-state index in [-0.39, 0.29) is 44.1 Å². The molecule has 3 aromatic rings. The Hall–Kier alpha value is -3.70. The van der Waals surface area contributed by atoms with Crippen molar-refractivity contribution < 1.29 is 36.6 Å². The van der Waals surface area contributed by atoms with E-state index in [1.807, 2.05) is 0 Å². The Balaban J connectivity index is 1.70. The standard InChI is InChI=1S/C41H55ClF2N2O6S/c1-10-37(39(49)45-34-21-36(47)35(20-31(34)42)46-38(48)27-13-18-32(43)33(44)19-27)53(50,51)30-16-14-29(15-17-30)52-24-28(26(3)23-41(7,8)9)12-11-25(2)22-40(4,5)6/h13-21,25-26,28,37,47H,10-12,22-24H2,1-9H3,(H,45,49)(H,46,48). The molecule has 0 radical (unpaired) electrons. The number of carbonyl (C=O) groups excluding carboxylic acids is 2. The van der Waals surface area contributed by atoms with Crippen LogP contribution >= 0.6 is 11.6 Å². The first-order chi connectivity index (χ1) is 24.5. The first-order valence-electron chi connectivity index (χ1n) is 18.1. The number of benzene rings is 3. The van der Waals surface area contributed by atoms with Gasteiger partial charge in [-0.05, 0) is 103 Å². The number of aromatic hydroxyl groups is 1. The van der Waals surface area contributed by atoms with E-state index in [9.17, 15) is 31.9 Å². The Morgan fingerprint density at radius 2 is 1.47 bits per heavy atom. The van der Waals surface area contributed by atoms with Crippen molar-refractivity contribution in [3.05, 3.63) is 76.8 Å². The molecule has 0 saturated heterocycles. The lowest BCUT2D eigenvalue weighted by Gasteiger charge is -2.31. The first kappa shape index (κ1) is 43.7. The lowest BCUT2D eigenvalue weighted by atomic mass is 9.76. The van der Waals surface area contributed by atoms with Crippen molar-refractivity contribution in [3.63, 3.8) is 0 Å². The number of carbonyl (C=O) groups is 2. The van der Waals surface area contributed by atoms with Gasteiger partial charge in [-0.15, -0.1) is 0 Å². The number of nitrogens with one attached hydrogen (secondary N) is 2. The fourth-order valence-electron chi connectivity index (χ4n) is 6.75. The molecule has 0 heterocycles. The molecule has 0 aromatic heterocycles. The smallest absolute Gasteiger partial charge is 0.255 e. The van der Waals surface area contributed by atoms with Gasteiger partial charge in [0, 0.05) is 11.6 Å². The summed E-state index contributed by atoms with van der Waals surface area (Å²) < 4.78 is 60.4. The molecule has 4 atom stereocenters. The highest BCUT2D eigenvalue weighted by atomic mass is 35.5. The number of amides is 2. The summed E-state index contributed by atoms with van der Waals surface area (Å²) in [5.74, 6) is -2.71. The summed E-state index contributed by atoms with van der Waals surface area (Å²) in [5, 5.41) is 13.7. The van der Waals surface area contributed by atoms with Crippen LogP contribution in [0.5, 0.6) is 11.5 Å². The van der Waals surface area contributed by atoms with E-state index in [1.54, 1.807) is 19.1 Å². The Morgan fingerprint density at radius 1 is 0.849 bits per heavy atom. The topological polar surface area (TPSA) is 122 Å². The fourth-order valence-corrected chi connectivity index (χ4v) is 8.59. The van der Waals surface area contributed by atoms with Crippen LogP contribution in [-0.2, 0) is 14.6 Å². The van der Waals surface area contributed by atoms with Gasteiger partial charge < -0.3 is 20.5 Å². The van der Waals surface area contributed by atoms with Crippen molar-refractivity contribution in [2.75, 3.05) is 17.2 Å². The van der Waals surface area contributed by atoms with Gasteiger partial charge in [-0.2, -0.15) is 0 Å². The molecular formula is C41H55ClF2N2O6S. The van der Waals surface area contributed by atoms with Gasteiger partial charge in [0.25, 0.3) is 5.91 Å². The minimum atomic E-state index is -4.16. The number of halogens is 3. The van der Waals surface area contributed by atoms with Crippen molar-refractivity contribution in [1.82, 2.24) is 0 Å². The van der Waals surface area contributed by atoms with Crippen molar-refractivity contribution in [2.45, 2.75) is 105 Å². The molecule has 53 heavy (non-hydrogen) atoms. The van der Waals surface area contributed by atoms with Gasteiger partial charge in [0.2, 0.25) is 5.91 Å². The van der Waals surface area contributed by atoms with E-state index < -0.39 is 44.3 Å². The van der Waals surface area contributed by atoms with Crippen LogP contribution < -0.4 is 15.4 Å². The van der Waals surface area contributed by atoms with E-state index in [0.29, 0.717) is 36.2 Å². The third-order valence-electron chi connectivity index (χ3n) is 9.16. The third kappa shape index (κ3) is 13.0. The van der Waals surface area contributed by atoms with Gasteiger partial charge >= 0.3 is 0 Å². The van der Waals surface area contributed by atoms with Crippen molar-refractivity contribution in [2.24, 2.45) is 28.6 Å². The Morgan fingerprint density at radius 3 is 2.04 bits per heavy atom. The zero-order valence-electron chi connectivity index (χ0n) is 32.3. The van der Waals surface area contributed by atoms with E-state index in [0.717, 1.165) is 49.9 Å². The second-order valence-corrected chi connectivity index (χ2v) is 19.1. The maximum absolute atomic E-state index is 13.7. The second-order valence-electron chi connectivity index (χ2n) is 16.6. The van der Waals surface area contributed by atoms with Crippen molar-refractivity contribution in [3.8, 4) is 11.5 Å². The largest absolute Gasteiger partial charge is 0.506 e. The monoisotopic (exact) mass is 776 g/mol. The number of phenols is 1. The first-order valence-corrected chi connectivity index (χ1v) is 20.0. The van der Waals surface area contributed by atoms with Gasteiger partial charge in [0.05, 0.1) is 27.9 Å². The molecule has 0 saturated carbocycles. The molecular weight excluding hydrogens is 722 g/mol. The summed E-state index contributed by atoms with van der Waals surface area (Å²) in [4.78, 5) is 25.8. The zero-order valence-corrected chi connectivity index (χ0v) is 33.9. The highest BCUT2D eigenvalue weighted by molar-refractivity contribution is 7.92. The van der Waals surface area contributed by atoms with Crippen LogP contribution in [0.2, 0.25) is 5.02 Å². The van der Waals surface area contributed by atoms with Gasteiger partial charge in [-0.3, -0.25) is 9.59 Å². The SMILES string of the molecule is CCC(C(=O)Nc1cc(O)c(NC(=O)c2ccc(F)c(F)c2)cc1Cl)S(=O)(=O)c1ccc(OCC(CCC(C)CC(C)(C)C)C(C)CC(C)(C)C)cc1.